The average Bonchev–Trinajstić information content (AvgIpc) is 2.76. The molecule has 2 bridgehead atoms. The second-order valence-corrected chi connectivity index (χ2v) is 8.21. The summed E-state index contributed by atoms with van der Waals surface area (Å²) in [6.45, 7) is 8.17. The first-order chi connectivity index (χ1) is 14.4. The first kappa shape index (κ1) is 19.0. The Kier molecular flexibility index (Phi) is 5.74. The number of nitrogens with zero attached hydrogens (tertiary/aromatic N) is 1. The molecule has 3 aromatic rings. The maximum absolute atomic E-state index is 3.89. The van der Waals surface area contributed by atoms with Crippen molar-refractivity contribution in [2.24, 2.45) is 0 Å². The molecule has 0 saturated carbocycles. The summed E-state index contributed by atoms with van der Waals surface area (Å²) in [4.78, 5) is 2.53. The van der Waals surface area contributed by atoms with E-state index < -0.39 is 0 Å². The van der Waals surface area contributed by atoms with Gasteiger partial charge < -0.3 is 16.0 Å². The smallest absolute Gasteiger partial charge is 0.0510 e. The summed E-state index contributed by atoms with van der Waals surface area (Å²) < 4.78 is 0. The third-order valence-electron chi connectivity index (χ3n) is 6.31. The van der Waals surface area contributed by atoms with E-state index in [2.05, 4.69) is 80.8 Å². The number of nitrogens with one attached hydrogen (secondary N) is 4. The molecular weight excluding hydrogens is 358 g/mol. The maximum atomic E-state index is 3.89. The minimum atomic E-state index is 0.290. The molecule has 0 aromatic heterocycles. The van der Waals surface area contributed by atoms with Crippen molar-refractivity contribution in [3.8, 4) is 0 Å². The fraction of sp³-hybridized carbons (Fsp3) is 0.417. The van der Waals surface area contributed by atoms with Crippen molar-refractivity contribution in [3.05, 3.63) is 60.2 Å². The van der Waals surface area contributed by atoms with Crippen LogP contribution in [0.5, 0.6) is 0 Å². The molecule has 0 spiro atoms. The van der Waals surface area contributed by atoms with Crippen LogP contribution in [-0.4, -0.2) is 63.4 Å². The molecule has 2 fully saturated rings. The molecule has 29 heavy (non-hydrogen) atoms. The molecule has 5 rings (SSSR count). The molecule has 0 radical (unpaired) electrons. The topological polar surface area (TPSA) is 51.4 Å². The normalized spacial score (nSPS) is 26.7. The standard InChI is InChI=1S/C24H31N5/c1-3-7-20-18(5-1)15-19-6-2-4-8-21(19)23(20)24-22-16-29(17-28-24)14-13-26-10-9-25-11-12-27-22/h1-8,15,22,24-28H,9-14,16-17H2. The van der Waals surface area contributed by atoms with Crippen LogP contribution < -0.4 is 21.3 Å². The molecule has 152 valence electrons. The van der Waals surface area contributed by atoms with Gasteiger partial charge in [0.15, 0.2) is 0 Å². The fourth-order valence-corrected chi connectivity index (χ4v) is 4.87. The zero-order valence-electron chi connectivity index (χ0n) is 17.0. The highest BCUT2D eigenvalue weighted by atomic mass is 15.3. The van der Waals surface area contributed by atoms with Gasteiger partial charge in [0.05, 0.1) is 6.04 Å². The lowest BCUT2D eigenvalue weighted by Gasteiger charge is -2.41. The van der Waals surface area contributed by atoms with Crippen molar-refractivity contribution in [2.75, 3.05) is 52.5 Å². The Morgan fingerprint density at radius 1 is 0.724 bits per heavy atom. The summed E-state index contributed by atoms with van der Waals surface area (Å²) in [6.07, 6.45) is 0. The van der Waals surface area contributed by atoms with Crippen molar-refractivity contribution in [2.45, 2.75) is 12.1 Å². The summed E-state index contributed by atoms with van der Waals surface area (Å²) in [6, 6.07) is 20.7. The molecule has 4 N–H and O–H groups in total. The fourth-order valence-electron chi connectivity index (χ4n) is 4.87. The Morgan fingerprint density at radius 2 is 1.38 bits per heavy atom. The van der Waals surface area contributed by atoms with E-state index in [0.29, 0.717) is 6.04 Å². The van der Waals surface area contributed by atoms with Crippen LogP contribution in [-0.2, 0) is 0 Å². The average molecular weight is 390 g/mol. The van der Waals surface area contributed by atoms with E-state index in [1.54, 1.807) is 0 Å². The van der Waals surface area contributed by atoms with Gasteiger partial charge in [-0.3, -0.25) is 10.2 Å². The number of rotatable bonds is 1. The molecule has 3 unspecified atom stereocenters. The van der Waals surface area contributed by atoms with Gasteiger partial charge in [-0.15, -0.1) is 0 Å². The van der Waals surface area contributed by atoms with Crippen LogP contribution >= 0.6 is 0 Å². The molecule has 2 heterocycles. The van der Waals surface area contributed by atoms with E-state index in [0.717, 1.165) is 52.5 Å². The van der Waals surface area contributed by atoms with Gasteiger partial charge in [-0.25, -0.2) is 0 Å². The number of hydrogen-bond donors (Lipinski definition) is 4. The molecule has 3 atom stereocenters. The molecule has 3 aromatic carbocycles. The van der Waals surface area contributed by atoms with Gasteiger partial charge in [-0.2, -0.15) is 0 Å². The largest absolute Gasteiger partial charge is 0.314 e. The third-order valence-corrected chi connectivity index (χ3v) is 6.31. The Hall–Kier alpha value is -2.02. The lowest BCUT2D eigenvalue weighted by molar-refractivity contribution is 0.145. The SMILES string of the molecule is c1ccc2c(C3NCN4CCNCCNCCNC3C4)c3ccccc3cc2c1. The number of hydrogen-bond acceptors (Lipinski definition) is 5. The Bertz CT molecular complexity index is 918. The van der Waals surface area contributed by atoms with Crippen LogP contribution in [0.3, 0.4) is 0 Å². The Morgan fingerprint density at radius 3 is 2.14 bits per heavy atom. The Labute approximate surface area is 172 Å². The molecule has 2 saturated heterocycles. The van der Waals surface area contributed by atoms with Gasteiger partial charge in [-0.1, -0.05) is 48.5 Å². The van der Waals surface area contributed by atoms with Crippen molar-refractivity contribution in [1.82, 2.24) is 26.2 Å². The van der Waals surface area contributed by atoms with Gasteiger partial charge in [-0.05, 0) is 33.2 Å². The first-order valence-corrected chi connectivity index (χ1v) is 10.9. The van der Waals surface area contributed by atoms with E-state index in [1.165, 1.54) is 27.1 Å². The predicted molar refractivity (Wildman–Crippen MR) is 121 cm³/mol. The van der Waals surface area contributed by atoms with E-state index in [-0.39, 0.29) is 6.04 Å². The van der Waals surface area contributed by atoms with Crippen molar-refractivity contribution < 1.29 is 0 Å². The minimum absolute atomic E-state index is 0.290. The first-order valence-electron chi connectivity index (χ1n) is 10.9. The highest BCUT2D eigenvalue weighted by Gasteiger charge is 2.31. The van der Waals surface area contributed by atoms with Crippen molar-refractivity contribution in [1.29, 1.82) is 0 Å². The summed E-state index contributed by atoms with van der Waals surface area (Å²) >= 11 is 0. The van der Waals surface area contributed by atoms with Crippen molar-refractivity contribution in [3.63, 3.8) is 0 Å². The van der Waals surface area contributed by atoms with Crippen LogP contribution in [0.15, 0.2) is 54.6 Å². The lowest BCUT2D eigenvalue weighted by atomic mass is 9.88. The second kappa shape index (κ2) is 8.78. The quantitative estimate of drug-likeness (QED) is 0.480. The van der Waals surface area contributed by atoms with Crippen LogP contribution in [0.4, 0.5) is 0 Å². The van der Waals surface area contributed by atoms with Gasteiger partial charge in [0, 0.05) is 58.5 Å². The van der Waals surface area contributed by atoms with Crippen LogP contribution in [0.1, 0.15) is 11.6 Å². The van der Waals surface area contributed by atoms with E-state index in [4.69, 9.17) is 0 Å². The van der Waals surface area contributed by atoms with Gasteiger partial charge in [0.2, 0.25) is 0 Å². The van der Waals surface area contributed by atoms with Gasteiger partial charge >= 0.3 is 0 Å². The van der Waals surface area contributed by atoms with Crippen LogP contribution in [0.2, 0.25) is 0 Å². The minimum Gasteiger partial charge on any atom is -0.314 e. The maximum Gasteiger partial charge on any atom is 0.0510 e. The summed E-state index contributed by atoms with van der Waals surface area (Å²) in [7, 11) is 0. The monoisotopic (exact) mass is 389 g/mol. The highest BCUT2D eigenvalue weighted by molar-refractivity contribution is 6.02. The lowest BCUT2D eigenvalue weighted by Crippen LogP contribution is -2.58. The molecule has 0 aliphatic carbocycles. The van der Waals surface area contributed by atoms with Crippen molar-refractivity contribution >= 4 is 21.5 Å². The van der Waals surface area contributed by atoms with Gasteiger partial charge in [0.1, 0.15) is 0 Å². The van der Waals surface area contributed by atoms with Crippen LogP contribution in [0.25, 0.3) is 21.5 Å². The van der Waals surface area contributed by atoms with Gasteiger partial charge in [0.25, 0.3) is 0 Å². The molecule has 2 aliphatic rings. The molecule has 5 nitrogen and oxygen atoms in total. The zero-order valence-corrected chi connectivity index (χ0v) is 17.0. The van der Waals surface area contributed by atoms with Crippen LogP contribution in [0, 0.1) is 0 Å². The molecule has 5 heteroatoms. The second-order valence-electron chi connectivity index (χ2n) is 8.21. The molecule has 2 aliphatic heterocycles. The van der Waals surface area contributed by atoms with E-state index in [9.17, 15) is 0 Å². The summed E-state index contributed by atoms with van der Waals surface area (Å²) in [5, 5.41) is 20.2. The number of fused-ring (bicyclic) bond motifs is 4. The molecule has 0 amide bonds. The molecular formula is C24H31N5. The summed E-state index contributed by atoms with van der Waals surface area (Å²) in [5.41, 5.74) is 1.44. The Balaban J connectivity index is 1.55. The predicted octanol–water partition coefficient (Wildman–Crippen LogP) is 2.05. The van der Waals surface area contributed by atoms with E-state index >= 15 is 0 Å². The highest BCUT2D eigenvalue weighted by Crippen LogP contribution is 2.35. The van der Waals surface area contributed by atoms with E-state index in [1.807, 2.05) is 0 Å². The summed E-state index contributed by atoms with van der Waals surface area (Å²) in [5.74, 6) is 0. The number of benzene rings is 3. The zero-order chi connectivity index (χ0) is 19.5. The third kappa shape index (κ3) is 4.02.